The second kappa shape index (κ2) is 7.20. The first-order valence-corrected chi connectivity index (χ1v) is 8.63. The lowest BCUT2D eigenvalue weighted by Crippen LogP contribution is -2.34. The molecule has 3 nitrogen and oxygen atoms in total. The van der Waals surface area contributed by atoms with E-state index >= 15 is 0 Å². The number of hydrogen-bond acceptors (Lipinski definition) is 1. The lowest BCUT2D eigenvalue weighted by atomic mass is 9.88. The van der Waals surface area contributed by atoms with Crippen molar-refractivity contribution in [1.29, 1.82) is 0 Å². The maximum atomic E-state index is 12.1. The van der Waals surface area contributed by atoms with Crippen LogP contribution in [0.15, 0.2) is 30.0 Å². The Morgan fingerprint density at radius 3 is 2.48 bits per heavy atom. The molecule has 1 aliphatic carbocycles. The van der Waals surface area contributed by atoms with Gasteiger partial charge < -0.3 is 10.6 Å². The van der Waals surface area contributed by atoms with Gasteiger partial charge in [-0.25, -0.2) is 4.79 Å². The number of aryl methyl sites for hydroxylation is 2. The summed E-state index contributed by atoms with van der Waals surface area (Å²) in [6, 6.07) is 6.48. The van der Waals surface area contributed by atoms with E-state index in [0.717, 1.165) is 12.0 Å². The van der Waals surface area contributed by atoms with Crippen molar-refractivity contribution in [2.45, 2.75) is 66.3 Å². The van der Waals surface area contributed by atoms with Gasteiger partial charge in [-0.1, -0.05) is 44.5 Å². The van der Waals surface area contributed by atoms with E-state index in [2.05, 4.69) is 49.6 Å². The zero-order valence-electron chi connectivity index (χ0n) is 15.1. The normalized spacial score (nSPS) is 16.5. The number of carbonyl (C=O) groups is 1. The van der Waals surface area contributed by atoms with E-state index in [-0.39, 0.29) is 17.5 Å². The fourth-order valence-corrected chi connectivity index (χ4v) is 2.73. The molecule has 0 saturated carbocycles. The van der Waals surface area contributed by atoms with E-state index in [9.17, 15) is 4.79 Å². The number of rotatable bonds is 3. The Hall–Kier alpha value is -1.77. The summed E-state index contributed by atoms with van der Waals surface area (Å²) in [5.74, 6) is 0. The molecule has 0 heterocycles. The molecule has 0 aliphatic heterocycles. The zero-order valence-corrected chi connectivity index (χ0v) is 15.1. The Morgan fingerprint density at radius 1 is 1.17 bits per heavy atom. The maximum Gasteiger partial charge on any atom is 0.319 e. The molecule has 0 aromatic heterocycles. The molecule has 0 spiro atoms. The third-order valence-electron chi connectivity index (χ3n) is 4.82. The third kappa shape index (κ3) is 4.85. The van der Waals surface area contributed by atoms with Gasteiger partial charge in [0.1, 0.15) is 0 Å². The van der Waals surface area contributed by atoms with Crippen molar-refractivity contribution in [1.82, 2.24) is 10.6 Å². The van der Waals surface area contributed by atoms with Crippen molar-refractivity contribution in [3.05, 3.63) is 46.7 Å². The highest BCUT2D eigenvalue weighted by Crippen LogP contribution is 2.25. The molecule has 0 saturated heterocycles. The van der Waals surface area contributed by atoms with Gasteiger partial charge in [-0.05, 0) is 61.6 Å². The highest BCUT2D eigenvalue weighted by molar-refractivity contribution is 5.75. The fraction of sp³-hybridized carbons (Fsp3) is 0.550. The minimum Gasteiger partial charge on any atom is -0.331 e. The first-order valence-electron chi connectivity index (χ1n) is 8.63. The molecular weight excluding hydrogens is 284 g/mol. The lowest BCUT2D eigenvalue weighted by molar-refractivity contribution is 0.241. The van der Waals surface area contributed by atoms with Crippen molar-refractivity contribution in [2.75, 3.05) is 0 Å². The summed E-state index contributed by atoms with van der Waals surface area (Å²) in [5.41, 5.74) is 5.32. The summed E-state index contributed by atoms with van der Waals surface area (Å²) in [6.07, 6.45) is 6.72. The van der Waals surface area contributed by atoms with E-state index in [1.54, 1.807) is 6.20 Å². The zero-order chi connectivity index (χ0) is 17.0. The van der Waals surface area contributed by atoms with E-state index in [0.29, 0.717) is 0 Å². The van der Waals surface area contributed by atoms with Crippen molar-refractivity contribution >= 4 is 6.03 Å². The van der Waals surface area contributed by atoms with Crippen LogP contribution < -0.4 is 10.6 Å². The molecule has 23 heavy (non-hydrogen) atoms. The molecule has 0 fully saturated rings. The molecule has 1 unspecified atom stereocenters. The molecule has 0 radical (unpaired) electrons. The minimum atomic E-state index is -0.154. The van der Waals surface area contributed by atoms with Gasteiger partial charge in [0.15, 0.2) is 0 Å². The van der Waals surface area contributed by atoms with Gasteiger partial charge in [-0.3, -0.25) is 0 Å². The average molecular weight is 314 g/mol. The fourth-order valence-electron chi connectivity index (χ4n) is 2.73. The van der Waals surface area contributed by atoms with Gasteiger partial charge in [-0.15, -0.1) is 0 Å². The SMILES string of the molecule is C/C(=C\NC(=O)NC(C)c1ccc2c(c1)CCCC2)C(C)(C)C. The topological polar surface area (TPSA) is 41.1 Å². The molecule has 1 aliphatic rings. The second-order valence-corrected chi connectivity index (χ2v) is 7.65. The maximum absolute atomic E-state index is 12.1. The standard InChI is InChI=1S/C20H30N2O/c1-14(20(3,4)5)13-21-19(23)22-15(2)17-11-10-16-8-6-7-9-18(16)12-17/h10-13,15H,6-9H2,1-5H3,(H2,21,22,23)/b14-13+. The molecule has 1 atom stereocenters. The Kier molecular flexibility index (Phi) is 5.51. The van der Waals surface area contributed by atoms with Crippen molar-refractivity contribution in [3.8, 4) is 0 Å². The van der Waals surface area contributed by atoms with Crippen LogP contribution in [0.4, 0.5) is 4.79 Å². The van der Waals surface area contributed by atoms with Gasteiger partial charge in [0, 0.05) is 6.20 Å². The minimum absolute atomic E-state index is 0.00516. The molecule has 0 bridgehead atoms. The number of allylic oxidation sites excluding steroid dienone is 1. The Balaban J connectivity index is 1.96. The van der Waals surface area contributed by atoms with Crippen LogP contribution in [0.5, 0.6) is 0 Å². The van der Waals surface area contributed by atoms with Crippen molar-refractivity contribution < 1.29 is 4.79 Å². The number of nitrogens with one attached hydrogen (secondary N) is 2. The molecular formula is C20H30N2O. The van der Waals surface area contributed by atoms with E-state index in [4.69, 9.17) is 0 Å². The van der Waals surface area contributed by atoms with Gasteiger partial charge in [-0.2, -0.15) is 0 Å². The predicted octanol–water partition coefficient (Wildman–Crippen LogP) is 4.88. The Bertz CT molecular complexity index is 596. The van der Waals surface area contributed by atoms with Gasteiger partial charge >= 0.3 is 6.03 Å². The first-order chi connectivity index (χ1) is 10.8. The van der Waals surface area contributed by atoms with Gasteiger partial charge in [0.05, 0.1) is 6.04 Å². The molecule has 1 aromatic carbocycles. The molecule has 2 amide bonds. The van der Waals surface area contributed by atoms with E-state index in [1.807, 2.05) is 13.8 Å². The molecule has 126 valence electrons. The summed E-state index contributed by atoms with van der Waals surface area (Å²) >= 11 is 0. The average Bonchev–Trinajstić information content (AvgIpc) is 2.51. The lowest BCUT2D eigenvalue weighted by Gasteiger charge is -2.21. The smallest absolute Gasteiger partial charge is 0.319 e. The van der Waals surface area contributed by atoms with Crippen LogP contribution in [0.1, 0.15) is 70.2 Å². The molecule has 3 heteroatoms. The van der Waals surface area contributed by atoms with Crippen LogP contribution in [-0.2, 0) is 12.8 Å². The number of benzene rings is 1. The Labute approximate surface area is 140 Å². The van der Waals surface area contributed by atoms with Crippen LogP contribution in [0.25, 0.3) is 0 Å². The Morgan fingerprint density at radius 2 is 1.83 bits per heavy atom. The number of amides is 2. The van der Waals surface area contributed by atoms with Crippen LogP contribution in [-0.4, -0.2) is 6.03 Å². The van der Waals surface area contributed by atoms with Crippen LogP contribution in [0.2, 0.25) is 0 Å². The predicted molar refractivity (Wildman–Crippen MR) is 96.4 cm³/mol. The van der Waals surface area contributed by atoms with Gasteiger partial charge in [0.25, 0.3) is 0 Å². The molecule has 1 aromatic rings. The number of hydrogen-bond donors (Lipinski definition) is 2. The quantitative estimate of drug-likeness (QED) is 0.820. The molecule has 2 N–H and O–H groups in total. The summed E-state index contributed by atoms with van der Waals surface area (Å²) < 4.78 is 0. The summed E-state index contributed by atoms with van der Waals surface area (Å²) in [7, 11) is 0. The number of urea groups is 1. The highest BCUT2D eigenvalue weighted by atomic mass is 16.2. The van der Waals surface area contributed by atoms with Crippen LogP contribution in [0, 0.1) is 5.41 Å². The van der Waals surface area contributed by atoms with Crippen LogP contribution in [0.3, 0.4) is 0 Å². The van der Waals surface area contributed by atoms with E-state index < -0.39 is 0 Å². The summed E-state index contributed by atoms with van der Waals surface area (Å²) in [5, 5.41) is 5.86. The van der Waals surface area contributed by atoms with Crippen LogP contribution >= 0.6 is 0 Å². The summed E-state index contributed by atoms with van der Waals surface area (Å²) in [4.78, 5) is 12.1. The largest absolute Gasteiger partial charge is 0.331 e. The number of carbonyl (C=O) groups excluding carboxylic acids is 1. The third-order valence-corrected chi connectivity index (χ3v) is 4.82. The van der Waals surface area contributed by atoms with Crippen molar-refractivity contribution in [3.63, 3.8) is 0 Å². The van der Waals surface area contributed by atoms with E-state index in [1.165, 1.54) is 36.0 Å². The van der Waals surface area contributed by atoms with Crippen molar-refractivity contribution in [2.24, 2.45) is 5.41 Å². The second-order valence-electron chi connectivity index (χ2n) is 7.65. The summed E-state index contributed by atoms with van der Waals surface area (Å²) in [6.45, 7) is 10.5. The molecule has 2 rings (SSSR count). The highest BCUT2D eigenvalue weighted by Gasteiger charge is 2.15. The number of fused-ring (bicyclic) bond motifs is 1. The first kappa shape index (κ1) is 17.6. The van der Waals surface area contributed by atoms with Gasteiger partial charge in [0.2, 0.25) is 0 Å². The monoisotopic (exact) mass is 314 g/mol.